The van der Waals surface area contributed by atoms with Gasteiger partial charge in [-0.15, -0.1) is 0 Å². The van der Waals surface area contributed by atoms with Gasteiger partial charge in [0, 0.05) is 17.5 Å². The molecule has 0 radical (unpaired) electrons. The van der Waals surface area contributed by atoms with Gasteiger partial charge in [0.25, 0.3) is 5.91 Å². The summed E-state index contributed by atoms with van der Waals surface area (Å²) in [5, 5.41) is 4.18. The molecule has 1 N–H and O–H groups in total. The number of rotatable bonds is 8. The van der Waals surface area contributed by atoms with Crippen molar-refractivity contribution in [2.45, 2.75) is 58.0 Å². The van der Waals surface area contributed by atoms with Crippen LogP contribution in [-0.4, -0.2) is 42.3 Å². The highest BCUT2D eigenvalue weighted by atomic mass is 19.1. The van der Waals surface area contributed by atoms with Crippen LogP contribution >= 0.6 is 0 Å². The van der Waals surface area contributed by atoms with E-state index in [4.69, 9.17) is 0 Å². The first-order chi connectivity index (χ1) is 17.9. The second kappa shape index (κ2) is 10.4. The highest BCUT2D eigenvalue weighted by Gasteiger charge is 2.38. The van der Waals surface area contributed by atoms with E-state index in [0.29, 0.717) is 36.3 Å². The quantitative estimate of drug-likeness (QED) is 0.438. The second-order valence-corrected chi connectivity index (χ2v) is 10.1. The molecule has 1 saturated heterocycles. The largest absolute Gasteiger partial charge is 0.299 e. The van der Waals surface area contributed by atoms with Gasteiger partial charge >= 0.3 is 0 Å². The Kier molecular flexibility index (Phi) is 7.07. The molecule has 1 atom stereocenters. The highest BCUT2D eigenvalue weighted by molar-refractivity contribution is 6.27. The fourth-order valence-corrected chi connectivity index (χ4v) is 5.89. The van der Waals surface area contributed by atoms with Gasteiger partial charge in [-0.2, -0.15) is 0 Å². The molecule has 0 bridgehead atoms. The first kappa shape index (κ1) is 25.1. The molecule has 1 fully saturated rings. The average Bonchev–Trinajstić information content (AvgIpc) is 3.18. The van der Waals surface area contributed by atoms with Gasteiger partial charge < -0.3 is 0 Å². The van der Waals surface area contributed by atoms with E-state index in [2.05, 4.69) is 22.3 Å². The highest BCUT2D eigenvalue weighted by Crippen LogP contribution is 2.43. The van der Waals surface area contributed by atoms with Crippen LogP contribution in [0.1, 0.15) is 65.6 Å². The van der Waals surface area contributed by atoms with Crippen molar-refractivity contribution in [1.29, 1.82) is 0 Å². The molecule has 3 amide bonds. The zero-order valence-electron chi connectivity index (χ0n) is 21.3. The van der Waals surface area contributed by atoms with Crippen molar-refractivity contribution >= 4 is 34.7 Å². The van der Waals surface area contributed by atoms with Gasteiger partial charge in [-0.3, -0.25) is 29.5 Å². The molecule has 2 aliphatic rings. The maximum absolute atomic E-state index is 14.0. The molecule has 0 aliphatic carbocycles. The Hall–Kier alpha value is -3.58. The number of hydrogen-bond donors (Lipinski definition) is 1. The first-order valence-corrected chi connectivity index (χ1v) is 13.0. The van der Waals surface area contributed by atoms with Crippen molar-refractivity contribution in [3.63, 3.8) is 0 Å². The molecule has 192 valence electrons. The monoisotopic (exact) mass is 501 g/mol. The lowest BCUT2D eigenvalue weighted by Gasteiger charge is -2.33. The summed E-state index contributed by atoms with van der Waals surface area (Å²) < 4.78 is 14.0. The van der Waals surface area contributed by atoms with Gasteiger partial charge in [0.05, 0.1) is 5.69 Å². The van der Waals surface area contributed by atoms with E-state index in [-0.39, 0.29) is 11.7 Å². The second-order valence-electron chi connectivity index (χ2n) is 10.1. The minimum atomic E-state index is -0.737. The topological polar surface area (TPSA) is 69.7 Å². The molecular formula is C30H32FN3O3. The molecule has 7 heteroatoms. The number of halogens is 1. The summed E-state index contributed by atoms with van der Waals surface area (Å²) in [7, 11) is 0. The van der Waals surface area contributed by atoms with Crippen molar-refractivity contribution < 1.29 is 18.8 Å². The van der Waals surface area contributed by atoms with Gasteiger partial charge in [-0.05, 0) is 85.5 Å². The third kappa shape index (κ3) is 4.64. The van der Waals surface area contributed by atoms with Gasteiger partial charge in [0.2, 0.25) is 12.3 Å². The lowest BCUT2D eigenvalue weighted by molar-refractivity contribution is -0.126. The Morgan fingerprint density at radius 2 is 1.95 bits per heavy atom. The maximum Gasteiger partial charge on any atom is 0.259 e. The van der Waals surface area contributed by atoms with Crippen LogP contribution in [0.2, 0.25) is 0 Å². The number of carbonyl (C=O) groups excluding carboxylic acids is 3. The maximum atomic E-state index is 14.0. The summed E-state index contributed by atoms with van der Waals surface area (Å²) in [6, 6.07) is 14.6. The van der Waals surface area contributed by atoms with Crippen molar-refractivity contribution in [3.8, 4) is 0 Å². The van der Waals surface area contributed by atoms with E-state index in [1.807, 2.05) is 37.3 Å². The van der Waals surface area contributed by atoms with E-state index in [1.165, 1.54) is 5.56 Å². The number of likely N-dealkylation sites (tertiary alicyclic amines) is 1. The molecule has 1 unspecified atom stereocenters. The molecule has 0 saturated carbocycles. The fraction of sp³-hybridized carbons (Fsp3) is 0.367. The third-order valence-corrected chi connectivity index (χ3v) is 7.81. The van der Waals surface area contributed by atoms with Crippen LogP contribution in [0.25, 0.3) is 10.8 Å². The summed E-state index contributed by atoms with van der Waals surface area (Å²) in [5.41, 5.74) is 4.22. The lowest BCUT2D eigenvalue weighted by Crippen LogP contribution is -2.48. The number of hydrogen-bond acceptors (Lipinski definition) is 4. The molecule has 3 aromatic carbocycles. The first-order valence-electron chi connectivity index (χ1n) is 13.0. The van der Waals surface area contributed by atoms with Crippen LogP contribution in [0.3, 0.4) is 0 Å². The molecular weight excluding hydrogens is 469 g/mol. The van der Waals surface area contributed by atoms with E-state index in [0.717, 1.165) is 54.5 Å². The number of aryl methyl sites for hydroxylation is 1. The smallest absolute Gasteiger partial charge is 0.259 e. The van der Waals surface area contributed by atoms with Crippen LogP contribution in [-0.2, 0) is 16.1 Å². The molecule has 0 aromatic heterocycles. The Bertz CT molecular complexity index is 1360. The Morgan fingerprint density at radius 3 is 2.65 bits per heavy atom. The van der Waals surface area contributed by atoms with Gasteiger partial charge in [-0.25, -0.2) is 4.39 Å². The molecule has 0 spiro atoms. The van der Waals surface area contributed by atoms with E-state index in [9.17, 15) is 18.8 Å². The number of nitrogens with one attached hydrogen (secondary N) is 1. The number of nitrogens with zero attached hydrogens (tertiary/aromatic N) is 2. The number of anilines is 1. The standard InChI is InChI=1S/C30H32FN3O3/c1-3-5-27(29(36)32-18-35)34-26-7-4-6-23-22(10-11-24(28(23)26)30(34)37)21-12-14-33(15-13-21)17-20-9-8-19(2)25(31)16-20/h4,6-11,16,18,21,27H,3,5,12-15,17H2,1-2H3,(H,32,35,36). The van der Waals surface area contributed by atoms with Gasteiger partial charge in [0.1, 0.15) is 11.9 Å². The van der Waals surface area contributed by atoms with E-state index < -0.39 is 11.9 Å². The summed E-state index contributed by atoms with van der Waals surface area (Å²) in [6.45, 7) is 6.30. The zero-order chi connectivity index (χ0) is 26.1. The Labute approximate surface area is 216 Å². The van der Waals surface area contributed by atoms with Crippen LogP contribution in [0.5, 0.6) is 0 Å². The summed E-state index contributed by atoms with van der Waals surface area (Å²) >= 11 is 0. The van der Waals surface area contributed by atoms with E-state index in [1.54, 1.807) is 17.9 Å². The number of imide groups is 1. The molecule has 2 aliphatic heterocycles. The Balaban J connectivity index is 1.39. The average molecular weight is 502 g/mol. The van der Waals surface area contributed by atoms with Crippen LogP contribution in [0.4, 0.5) is 10.1 Å². The SMILES string of the molecule is CCCC(C(=O)NC=O)N1C(=O)c2ccc(C3CCN(Cc4ccc(C)c(F)c4)CC3)c3cccc1c23. The summed E-state index contributed by atoms with van der Waals surface area (Å²) in [5.74, 6) is -0.466. The van der Waals surface area contributed by atoms with Crippen molar-refractivity contribution in [1.82, 2.24) is 10.2 Å². The molecule has 5 rings (SSSR count). The number of amides is 3. The Morgan fingerprint density at radius 1 is 1.16 bits per heavy atom. The number of benzene rings is 3. The third-order valence-electron chi connectivity index (χ3n) is 7.81. The fourth-order valence-electron chi connectivity index (χ4n) is 5.89. The lowest BCUT2D eigenvalue weighted by atomic mass is 9.85. The van der Waals surface area contributed by atoms with E-state index >= 15 is 0 Å². The minimum absolute atomic E-state index is 0.159. The van der Waals surface area contributed by atoms with Crippen LogP contribution in [0.15, 0.2) is 48.5 Å². The van der Waals surface area contributed by atoms with Crippen LogP contribution in [0, 0.1) is 12.7 Å². The zero-order valence-corrected chi connectivity index (χ0v) is 21.3. The van der Waals surface area contributed by atoms with Gasteiger partial charge in [0.15, 0.2) is 0 Å². The predicted octanol–water partition coefficient (Wildman–Crippen LogP) is 5.07. The van der Waals surface area contributed by atoms with Crippen molar-refractivity contribution in [3.05, 3.63) is 76.6 Å². The minimum Gasteiger partial charge on any atom is -0.299 e. The molecule has 37 heavy (non-hydrogen) atoms. The van der Waals surface area contributed by atoms with Crippen LogP contribution < -0.4 is 10.2 Å². The molecule has 2 heterocycles. The summed E-state index contributed by atoms with van der Waals surface area (Å²) in [6.07, 6.45) is 3.49. The molecule has 3 aromatic rings. The summed E-state index contributed by atoms with van der Waals surface area (Å²) in [4.78, 5) is 41.0. The molecule has 6 nitrogen and oxygen atoms in total. The predicted molar refractivity (Wildman–Crippen MR) is 142 cm³/mol. The van der Waals surface area contributed by atoms with Crippen molar-refractivity contribution in [2.24, 2.45) is 0 Å². The van der Waals surface area contributed by atoms with Gasteiger partial charge in [-0.1, -0.05) is 43.7 Å². The number of carbonyl (C=O) groups is 3. The normalized spacial score (nSPS) is 16.8. The van der Waals surface area contributed by atoms with Crippen molar-refractivity contribution in [2.75, 3.05) is 18.0 Å². The number of piperidine rings is 1.